The zero-order valence-corrected chi connectivity index (χ0v) is 10.2. The molecule has 0 aliphatic heterocycles. The summed E-state index contributed by atoms with van der Waals surface area (Å²) in [5.74, 6) is -0.257. The quantitative estimate of drug-likeness (QED) is 0.856. The van der Waals surface area contributed by atoms with E-state index in [4.69, 9.17) is 10.5 Å². The SMILES string of the molecule is CCOC(=O)CC(N)c1ccc(Br)cc1. The van der Waals surface area contributed by atoms with Gasteiger partial charge in [0, 0.05) is 10.5 Å². The molecule has 4 heteroatoms. The summed E-state index contributed by atoms with van der Waals surface area (Å²) < 4.78 is 5.82. The van der Waals surface area contributed by atoms with Crippen molar-refractivity contribution in [1.29, 1.82) is 0 Å². The predicted octanol–water partition coefficient (Wildman–Crippen LogP) is 2.40. The molecule has 0 saturated carbocycles. The highest BCUT2D eigenvalue weighted by Crippen LogP contribution is 2.17. The second-order valence-corrected chi connectivity index (χ2v) is 4.08. The minimum Gasteiger partial charge on any atom is -0.466 e. The Morgan fingerprint density at radius 1 is 1.47 bits per heavy atom. The Balaban J connectivity index is 2.57. The highest BCUT2D eigenvalue weighted by molar-refractivity contribution is 9.10. The smallest absolute Gasteiger partial charge is 0.307 e. The van der Waals surface area contributed by atoms with Crippen molar-refractivity contribution in [3.05, 3.63) is 34.3 Å². The molecule has 3 nitrogen and oxygen atoms in total. The molecule has 1 unspecified atom stereocenters. The third-order valence-corrected chi connectivity index (χ3v) is 2.52. The molecule has 0 aliphatic rings. The van der Waals surface area contributed by atoms with Crippen molar-refractivity contribution >= 4 is 21.9 Å². The van der Waals surface area contributed by atoms with E-state index in [1.165, 1.54) is 0 Å². The monoisotopic (exact) mass is 271 g/mol. The number of benzene rings is 1. The van der Waals surface area contributed by atoms with Gasteiger partial charge in [0.05, 0.1) is 13.0 Å². The van der Waals surface area contributed by atoms with Crippen LogP contribution in [0.2, 0.25) is 0 Å². The van der Waals surface area contributed by atoms with E-state index in [0.717, 1.165) is 10.0 Å². The summed E-state index contributed by atoms with van der Waals surface area (Å²) in [6, 6.07) is 7.31. The lowest BCUT2D eigenvalue weighted by Gasteiger charge is -2.10. The van der Waals surface area contributed by atoms with Crippen LogP contribution in [0.25, 0.3) is 0 Å². The molecule has 1 atom stereocenters. The van der Waals surface area contributed by atoms with Crippen LogP contribution >= 0.6 is 15.9 Å². The molecule has 0 aliphatic carbocycles. The van der Waals surface area contributed by atoms with Gasteiger partial charge in [-0.25, -0.2) is 0 Å². The highest BCUT2D eigenvalue weighted by Gasteiger charge is 2.11. The predicted molar refractivity (Wildman–Crippen MR) is 62.3 cm³/mol. The van der Waals surface area contributed by atoms with Gasteiger partial charge in [-0.3, -0.25) is 4.79 Å². The van der Waals surface area contributed by atoms with Crippen LogP contribution in [-0.4, -0.2) is 12.6 Å². The maximum absolute atomic E-state index is 11.2. The van der Waals surface area contributed by atoms with Gasteiger partial charge in [0.2, 0.25) is 0 Å². The molecule has 0 heterocycles. The largest absolute Gasteiger partial charge is 0.466 e. The number of ether oxygens (including phenoxy) is 1. The fourth-order valence-corrected chi connectivity index (χ4v) is 1.49. The van der Waals surface area contributed by atoms with Gasteiger partial charge in [-0.1, -0.05) is 28.1 Å². The molecule has 15 heavy (non-hydrogen) atoms. The van der Waals surface area contributed by atoms with Crippen LogP contribution in [0.3, 0.4) is 0 Å². The Morgan fingerprint density at radius 3 is 2.60 bits per heavy atom. The number of rotatable bonds is 4. The van der Waals surface area contributed by atoms with Crippen molar-refractivity contribution < 1.29 is 9.53 Å². The molecule has 1 rings (SSSR count). The van der Waals surface area contributed by atoms with Gasteiger partial charge in [0.25, 0.3) is 0 Å². The lowest BCUT2D eigenvalue weighted by Crippen LogP contribution is -2.17. The van der Waals surface area contributed by atoms with E-state index >= 15 is 0 Å². The third kappa shape index (κ3) is 4.01. The van der Waals surface area contributed by atoms with Crippen molar-refractivity contribution in [2.24, 2.45) is 5.73 Å². The van der Waals surface area contributed by atoms with E-state index in [9.17, 15) is 4.79 Å². The fourth-order valence-electron chi connectivity index (χ4n) is 1.23. The second kappa shape index (κ2) is 5.88. The second-order valence-electron chi connectivity index (χ2n) is 3.17. The van der Waals surface area contributed by atoms with Crippen LogP contribution in [0, 0.1) is 0 Å². The maximum Gasteiger partial charge on any atom is 0.307 e. The lowest BCUT2D eigenvalue weighted by atomic mass is 10.1. The van der Waals surface area contributed by atoms with E-state index in [1.54, 1.807) is 6.92 Å². The number of carbonyl (C=O) groups excluding carboxylic acids is 1. The van der Waals surface area contributed by atoms with Gasteiger partial charge >= 0.3 is 5.97 Å². The van der Waals surface area contributed by atoms with Gasteiger partial charge in [0.1, 0.15) is 0 Å². The zero-order valence-electron chi connectivity index (χ0n) is 8.57. The average molecular weight is 272 g/mol. The maximum atomic E-state index is 11.2. The number of hydrogen-bond donors (Lipinski definition) is 1. The topological polar surface area (TPSA) is 52.3 Å². The molecule has 0 bridgehead atoms. The summed E-state index contributed by atoms with van der Waals surface area (Å²) in [4.78, 5) is 11.2. The number of carbonyl (C=O) groups is 1. The molecular weight excluding hydrogens is 258 g/mol. The van der Waals surface area contributed by atoms with Crippen molar-refractivity contribution in [1.82, 2.24) is 0 Å². The number of halogens is 1. The van der Waals surface area contributed by atoms with Crippen LogP contribution in [-0.2, 0) is 9.53 Å². The van der Waals surface area contributed by atoms with Crippen LogP contribution in [0.5, 0.6) is 0 Å². The van der Waals surface area contributed by atoms with Gasteiger partial charge in [-0.05, 0) is 24.6 Å². The summed E-state index contributed by atoms with van der Waals surface area (Å²) in [5, 5.41) is 0. The molecule has 0 fully saturated rings. The van der Waals surface area contributed by atoms with E-state index in [2.05, 4.69) is 15.9 Å². The standard InChI is InChI=1S/C11H14BrNO2/c1-2-15-11(14)7-10(13)8-3-5-9(12)6-4-8/h3-6,10H,2,7,13H2,1H3. The summed E-state index contributed by atoms with van der Waals surface area (Å²) >= 11 is 3.34. The van der Waals surface area contributed by atoms with Crippen LogP contribution < -0.4 is 5.73 Å². The summed E-state index contributed by atoms with van der Waals surface area (Å²) in [6.07, 6.45) is 0.218. The number of esters is 1. The molecular formula is C11H14BrNO2. The summed E-state index contributed by atoms with van der Waals surface area (Å²) in [6.45, 7) is 2.18. The molecule has 2 N–H and O–H groups in total. The molecule has 0 saturated heterocycles. The zero-order chi connectivity index (χ0) is 11.3. The van der Waals surface area contributed by atoms with Crippen LogP contribution in [0.4, 0.5) is 0 Å². The van der Waals surface area contributed by atoms with Gasteiger partial charge in [-0.15, -0.1) is 0 Å². The van der Waals surface area contributed by atoms with Crippen LogP contribution in [0.15, 0.2) is 28.7 Å². The first-order valence-corrected chi connectivity index (χ1v) is 5.59. The molecule has 1 aromatic rings. The van der Waals surface area contributed by atoms with E-state index in [1.807, 2.05) is 24.3 Å². The van der Waals surface area contributed by atoms with Crippen LogP contribution in [0.1, 0.15) is 24.9 Å². The molecule has 0 spiro atoms. The van der Waals surface area contributed by atoms with Crippen molar-refractivity contribution in [3.8, 4) is 0 Å². The first kappa shape index (κ1) is 12.2. The minimum atomic E-state index is -0.294. The van der Waals surface area contributed by atoms with Crippen molar-refractivity contribution in [2.45, 2.75) is 19.4 Å². The van der Waals surface area contributed by atoms with Gasteiger partial charge in [-0.2, -0.15) is 0 Å². The molecule has 0 amide bonds. The summed E-state index contributed by atoms with van der Waals surface area (Å²) in [5.41, 5.74) is 6.80. The Bertz CT molecular complexity index is 324. The first-order valence-electron chi connectivity index (χ1n) is 4.80. The van der Waals surface area contributed by atoms with Crippen molar-refractivity contribution in [2.75, 3.05) is 6.61 Å². The third-order valence-electron chi connectivity index (χ3n) is 1.99. The number of nitrogens with two attached hydrogens (primary N) is 1. The van der Waals surface area contributed by atoms with E-state index in [0.29, 0.717) is 6.61 Å². The molecule has 82 valence electrons. The first-order chi connectivity index (χ1) is 7.13. The highest BCUT2D eigenvalue weighted by atomic mass is 79.9. The van der Waals surface area contributed by atoms with Crippen molar-refractivity contribution in [3.63, 3.8) is 0 Å². The average Bonchev–Trinajstić information content (AvgIpc) is 2.18. The lowest BCUT2D eigenvalue weighted by molar-refractivity contribution is -0.143. The molecule has 0 radical (unpaired) electrons. The Hall–Kier alpha value is -0.870. The minimum absolute atomic E-state index is 0.218. The Kier molecular flexibility index (Phi) is 4.78. The Labute approximate surface area is 97.7 Å². The fraction of sp³-hybridized carbons (Fsp3) is 0.364. The number of hydrogen-bond acceptors (Lipinski definition) is 3. The normalized spacial score (nSPS) is 12.2. The Morgan fingerprint density at radius 2 is 2.07 bits per heavy atom. The van der Waals surface area contributed by atoms with E-state index in [-0.39, 0.29) is 18.4 Å². The molecule has 1 aromatic carbocycles. The summed E-state index contributed by atoms with van der Waals surface area (Å²) in [7, 11) is 0. The van der Waals surface area contributed by atoms with Gasteiger partial charge < -0.3 is 10.5 Å². The molecule has 0 aromatic heterocycles. The van der Waals surface area contributed by atoms with Gasteiger partial charge in [0.15, 0.2) is 0 Å². The van der Waals surface area contributed by atoms with E-state index < -0.39 is 0 Å².